The number of aromatic nitrogens is 2. The van der Waals surface area contributed by atoms with Gasteiger partial charge in [0.25, 0.3) is 0 Å². The van der Waals surface area contributed by atoms with E-state index in [0.29, 0.717) is 6.61 Å². The highest BCUT2D eigenvalue weighted by Crippen LogP contribution is 2.12. The van der Waals surface area contributed by atoms with Gasteiger partial charge in [0.15, 0.2) is 6.20 Å². The summed E-state index contributed by atoms with van der Waals surface area (Å²) >= 11 is 0. The zero-order chi connectivity index (χ0) is 14.5. The molecule has 0 radical (unpaired) electrons. The van der Waals surface area contributed by atoms with Crippen LogP contribution in [0.25, 0.3) is 5.69 Å². The Kier molecular flexibility index (Phi) is 6.00. The van der Waals surface area contributed by atoms with Gasteiger partial charge in [0.2, 0.25) is 6.54 Å². The summed E-state index contributed by atoms with van der Waals surface area (Å²) in [4.78, 5) is 0. The average molecular weight is 406 g/mol. The second-order valence-corrected chi connectivity index (χ2v) is 5.00. The van der Waals surface area contributed by atoms with Crippen molar-refractivity contribution in [2.24, 2.45) is 0 Å². The number of para-hydroxylation sites is 1. The molecule has 3 aromatic rings. The average Bonchev–Trinajstić information content (AvgIpc) is 2.97. The van der Waals surface area contributed by atoms with Crippen molar-refractivity contribution in [3.63, 3.8) is 0 Å². The SMILES string of the molecule is Cc1cccc(OCC[n+]2cccn2-c2ccccc2)c1.[I-]. The number of hydrogen-bond acceptors (Lipinski definition) is 1. The molecule has 0 spiro atoms. The van der Waals surface area contributed by atoms with Crippen LogP contribution in [0.2, 0.25) is 0 Å². The number of ether oxygens (including phenoxy) is 1. The number of nitrogens with zero attached hydrogens (tertiary/aromatic N) is 2. The van der Waals surface area contributed by atoms with Crippen LogP contribution in [-0.2, 0) is 6.54 Å². The fourth-order valence-electron chi connectivity index (χ4n) is 2.34. The third-order valence-corrected chi connectivity index (χ3v) is 3.36. The maximum absolute atomic E-state index is 5.82. The van der Waals surface area contributed by atoms with Crippen LogP contribution in [-0.4, -0.2) is 11.3 Å². The van der Waals surface area contributed by atoms with Crippen LogP contribution >= 0.6 is 0 Å². The van der Waals surface area contributed by atoms with Crippen LogP contribution < -0.4 is 33.4 Å². The van der Waals surface area contributed by atoms with E-state index in [-0.39, 0.29) is 24.0 Å². The Morgan fingerprint density at radius 3 is 2.59 bits per heavy atom. The lowest BCUT2D eigenvalue weighted by atomic mass is 10.2. The van der Waals surface area contributed by atoms with E-state index in [1.807, 2.05) is 36.4 Å². The minimum Gasteiger partial charge on any atom is -1.00 e. The van der Waals surface area contributed by atoms with Gasteiger partial charge in [-0.2, -0.15) is 0 Å². The largest absolute Gasteiger partial charge is 1.00 e. The van der Waals surface area contributed by atoms with Gasteiger partial charge in [0, 0.05) is 6.07 Å². The van der Waals surface area contributed by atoms with Gasteiger partial charge in [0.1, 0.15) is 18.0 Å². The highest BCUT2D eigenvalue weighted by atomic mass is 127. The van der Waals surface area contributed by atoms with Crippen molar-refractivity contribution in [1.82, 2.24) is 4.68 Å². The molecule has 3 rings (SSSR count). The lowest BCUT2D eigenvalue weighted by Gasteiger charge is -2.06. The Morgan fingerprint density at radius 2 is 1.82 bits per heavy atom. The van der Waals surface area contributed by atoms with Crippen molar-refractivity contribution in [3.05, 3.63) is 78.6 Å². The summed E-state index contributed by atoms with van der Waals surface area (Å²) in [6.45, 7) is 3.52. The molecule has 0 aliphatic carbocycles. The molecule has 0 fully saturated rings. The molecule has 2 aromatic carbocycles. The first kappa shape index (κ1) is 16.5. The highest BCUT2D eigenvalue weighted by Gasteiger charge is 2.09. The minimum atomic E-state index is 0. The predicted molar refractivity (Wildman–Crippen MR) is 82.6 cm³/mol. The van der Waals surface area contributed by atoms with Crippen LogP contribution in [0.3, 0.4) is 0 Å². The first-order chi connectivity index (χ1) is 10.3. The molecule has 22 heavy (non-hydrogen) atoms. The van der Waals surface area contributed by atoms with Crippen LogP contribution in [0.15, 0.2) is 73.1 Å². The van der Waals surface area contributed by atoms with Crippen molar-refractivity contribution in [2.45, 2.75) is 13.5 Å². The molecule has 3 nitrogen and oxygen atoms in total. The van der Waals surface area contributed by atoms with E-state index in [4.69, 9.17) is 4.74 Å². The summed E-state index contributed by atoms with van der Waals surface area (Å²) < 4.78 is 10.1. The Morgan fingerprint density at radius 1 is 1.00 bits per heavy atom. The maximum atomic E-state index is 5.82. The third kappa shape index (κ3) is 4.10. The summed E-state index contributed by atoms with van der Waals surface area (Å²) in [7, 11) is 0. The van der Waals surface area contributed by atoms with Crippen LogP contribution in [0.4, 0.5) is 0 Å². The van der Waals surface area contributed by atoms with Crippen molar-refractivity contribution < 1.29 is 33.4 Å². The Hall–Kier alpha value is -1.82. The molecular formula is C18H19IN2O. The zero-order valence-corrected chi connectivity index (χ0v) is 14.7. The van der Waals surface area contributed by atoms with Gasteiger partial charge in [-0.05, 0) is 36.8 Å². The number of benzene rings is 2. The number of rotatable bonds is 5. The molecule has 0 bridgehead atoms. The molecule has 4 heteroatoms. The number of aryl methyl sites for hydroxylation is 1. The van der Waals surface area contributed by atoms with Gasteiger partial charge >= 0.3 is 0 Å². The lowest BCUT2D eigenvalue weighted by molar-refractivity contribution is -0.766. The van der Waals surface area contributed by atoms with Crippen LogP contribution in [0.1, 0.15) is 5.56 Å². The maximum Gasteiger partial charge on any atom is 0.206 e. The van der Waals surface area contributed by atoms with E-state index in [1.165, 1.54) is 5.56 Å². The quantitative estimate of drug-likeness (QED) is 0.436. The standard InChI is InChI=1S/C18H19N2O.HI/c1-16-7-5-10-18(15-16)21-14-13-19-11-6-12-20(19)17-8-3-2-4-9-17;/h2-12,15H,13-14H2,1H3;1H/q+1;/p-1. The fraction of sp³-hybridized carbons (Fsp3) is 0.167. The molecule has 0 unspecified atom stereocenters. The second-order valence-electron chi connectivity index (χ2n) is 5.00. The van der Waals surface area contributed by atoms with Gasteiger partial charge in [0.05, 0.1) is 6.20 Å². The third-order valence-electron chi connectivity index (χ3n) is 3.36. The van der Waals surface area contributed by atoms with E-state index < -0.39 is 0 Å². The molecule has 0 amide bonds. The Labute approximate surface area is 148 Å². The summed E-state index contributed by atoms with van der Waals surface area (Å²) in [5.41, 5.74) is 2.37. The molecule has 0 saturated carbocycles. The molecule has 1 aromatic heterocycles. The molecular weight excluding hydrogens is 387 g/mol. The smallest absolute Gasteiger partial charge is 0.206 e. The van der Waals surface area contributed by atoms with E-state index in [9.17, 15) is 0 Å². The molecule has 0 aliphatic heterocycles. The molecule has 114 valence electrons. The monoisotopic (exact) mass is 406 g/mol. The van der Waals surface area contributed by atoms with Crippen molar-refractivity contribution in [2.75, 3.05) is 6.61 Å². The zero-order valence-electron chi connectivity index (χ0n) is 12.5. The Bertz CT molecular complexity index is 710. The van der Waals surface area contributed by atoms with Gasteiger partial charge in [-0.3, -0.25) is 0 Å². The van der Waals surface area contributed by atoms with Crippen molar-refractivity contribution in [1.29, 1.82) is 0 Å². The topological polar surface area (TPSA) is 18.0 Å². The molecule has 0 aliphatic rings. The Balaban J connectivity index is 0.00000176. The first-order valence-corrected chi connectivity index (χ1v) is 7.15. The van der Waals surface area contributed by atoms with E-state index in [2.05, 4.69) is 52.9 Å². The predicted octanol–water partition coefficient (Wildman–Crippen LogP) is 0.156. The van der Waals surface area contributed by atoms with Gasteiger partial charge in [-0.15, -0.1) is 9.36 Å². The van der Waals surface area contributed by atoms with E-state index in [0.717, 1.165) is 18.0 Å². The summed E-state index contributed by atoms with van der Waals surface area (Å²) in [6.07, 6.45) is 4.12. The molecule has 0 saturated heterocycles. The van der Waals surface area contributed by atoms with Gasteiger partial charge < -0.3 is 28.7 Å². The summed E-state index contributed by atoms with van der Waals surface area (Å²) in [5.74, 6) is 0.924. The van der Waals surface area contributed by atoms with Crippen molar-refractivity contribution in [3.8, 4) is 11.4 Å². The van der Waals surface area contributed by atoms with Crippen LogP contribution in [0.5, 0.6) is 5.75 Å². The van der Waals surface area contributed by atoms with Crippen molar-refractivity contribution >= 4 is 0 Å². The summed E-state index contributed by atoms with van der Waals surface area (Å²) in [6, 6.07) is 20.5. The normalized spacial score (nSPS) is 10.0. The number of halogens is 1. The fourth-order valence-corrected chi connectivity index (χ4v) is 2.34. The van der Waals surface area contributed by atoms with E-state index >= 15 is 0 Å². The van der Waals surface area contributed by atoms with Crippen LogP contribution in [0, 0.1) is 6.92 Å². The summed E-state index contributed by atoms with van der Waals surface area (Å²) in [5, 5.41) is 0. The molecule has 0 atom stereocenters. The van der Waals surface area contributed by atoms with Gasteiger partial charge in [-0.25, -0.2) is 0 Å². The number of hydrogen-bond donors (Lipinski definition) is 0. The van der Waals surface area contributed by atoms with E-state index in [1.54, 1.807) is 0 Å². The first-order valence-electron chi connectivity index (χ1n) is 7.15. The molecule has 1 heterocycles. The van der Waals surface area contributed by atoms with Gasteiger partial charge in [-0.1, -0.05) is 30.3 Å². The molecule has 0 N–H and O–H groups in total. The highest BCUT2D eigenvalue weighted by molar-refractivity contribution is 5.29. The lowest BCUT2D eigenvalue weighted by Crippen LogP contribution is -3.00. The minimum absolute atomic E-state index is 0. The second kappa shape index (κ2) is 7.98.